The van der Waals surface area contributed by atoms with Gasteiger partial charge in [0.25, 0.3) is 0 Å². The van der Waals surface area contributed by atoms with Gasteiger partial charge in [-0.1, -0.05) is 33.1 Å². The Hall–Kier alpha value is -2.28. The van der Waals surface area contributed by atoms with Crippen LogP contribution in [0.2, 0.25) is 0 Å². The van der Waals surface area contributed by atoms with Crippen LogP contribution in [0.1, 0.15) is 39.5 Å². The van der Waals surface area contributed by atoms with Gasteiger partial charge in [-0.05, 0) is 36.6 Å². The van der Waals surface area contributed by atoms with Crippen LogP contribution < -0.4 is 15.5 Å². The molecule has 162 valence electrons. The molecule has 2 amide bonds. The number of anilines is 2. The van der Waals surface area contributed by atoms with Crippen LogP contribution in [0, 0.1) is 5.92 Å². The van der Waals surface area contributed by atoms with Gasteiger partial charge in [-0.25, -0.2) is 4.79 Å². The lowest BCUT2D eigenvalue weighted by molar-refractivity contribution is -0.142. The number of hydrogen-bond acceptors (Lipinski definition) is 5. The van der Waals surface area contributed by atoms with Gasteiger partial charge in [-0.2, -0.15) is 0 Å². The van der Waals surface area contributed by atoms with Crippen molar-refractivity contribution >= 4 is 23.4 Å². The van der Waals surface area contributed by atoms with E-state index < -0.39 is 0 Å². The highest BCUT2D eigenvalue weighted by Gasteiger charge is 2.19. The molecule has 1 aliphatic rings. The van der Waals surface area contributed by atoms with Crippen LogP contribution in [-0.2, 0) is 9.53 Å². The number of nitrogens with one attached hydrogen (secondary N) is 2. The number of piperazine rings is 1. The molecule has 0 radical (unpaired) electrons. The fourth-order valence-corrected chi connectivity index (χ4v) is 3.52. The second kappa shape index (κ2) is 12.3. The zero-order chi connectivity index (χ0) is 21.1. The van der Waals surface area contributed by atoms with E-state index >= 15 is 0 Å². The highest BCUT2D eigenvalue weighted by atomic mass is 16.5. The summed E-state index contributed by atoms with van der Waals surface area (Å²) in [6.07, 6.45) is 4.65. The Morgan fingerprint density at radius 3 is 2.38 bits per heavy atom. The molecule has 0 bridgehead atoms. The molecule has 7 heteroatoms. The van der Waals surface area contributed by atoms with Gasteiger partial charge in [0, 0.05) is 44.1 Å². The van der Waals surface area contributed by atoms with Crippen LogP contribution in [0.3, 0.4) is 0 Å². The van der Waals surface area contributed by atoms with Crippen molar-refractivity contribution in [2.24, 2.45) is 5.92 Å². The molecule has 0 spiro atoms. The number of hydrogen-bond donors (Lipinski definition) is 2. The van der Waals surface area contributed by atoms with E-state index in [1.165, 1.54) is 20.0 Å². The minimum atomic E-state index is -0.192. The van der Waals surface area contributed by atoms with Gasteiger partial charge in [0.1, 0.15) is 0 Å². The van der Waals surface area contributed by atoms with Crippen molar-refractivity contribution in [2.75, 3.05) is 56.6 Å². The first kappa shape index (κ1) is 23.0. The van der Waals surface area contributed by atoms with Crippen molar-refractivity contribution in [1.82, 2.24) is 10.2 Å². The molecule has 0 saturated carbocycles. The molecule has 1 unspecified atom stereocenters. The summed E-state index contributed by atoms with van der Waals surface area (Å²) in [4.78, 5) is 27.9. The molecule has 0 aliphatic carbocycles. The predicted octanol–water partition coefficient (Wildman–Crippen LogP) is 3.32. The van der Waals surface area contributed by atoms with Gasteiger partial charge in [0.15, 0.2) is 0 Å². The number of nitrogens with zero attached hydrogens (tertiary/aromatic N) is 2. The van der Waals surface area contributed by atoms with Gasteiger partial charge >= 0.3 is 12.0 Å². The summed E-state index contributed by atoms with van der Waals surface area (Å²) < 4.78 is 4.73. The van der Waals surface area contributed by atoms with Gasteiger partial charge < -0.3 is 20.3 Å². The fraction of sp³-hybridized carbons (Fsp3) is 0.636. The van der Waals surface area contributed by atoms with Crippen LogP contribution in [0.4, 0.5) is 16.2 Å². The topological polar surface area (TPSA) is 73.9 Å². The molecule has 1 aromatic rings. The number of carbonyl (C=O) groups is 2. The van der Waals surface area contributed by atoms with Crippen molar-refractivity contribution in [2.45, 2.75) is 39.5 Å². The molecule has 1 heterocycles. The highest BCUT2D eigenvalue weighted by molar-refractivity contribution is 5.89. The molecule has 1 atom stereocenters. The quantitative estimate of drug-likeness (QED) is 0.585. The second-order valence-electron chi connectivity index (χ2n) is 7.64. The maximum atomic E-state index is 12.2. The Bertz CT molecular complexity index is 627. The first-order chi connectivity index (χ1) is 14.0. The Morgan fingerprint density at radius 2 is 1.79 bits per heavy atom. The van der Waals surface area contributed by atoms with Crippen molar-refractivity contribution in [3.8, 4) is 0 Å². The average molecular weight is 405 g/mol. The number of carbonyl (C=O) groups excluding carboxylic acids is 2. The second-order valence-corrected chi connectivity index (χ2v) is 7.64. The lowest BCUT2D eigenvalue weighted by Crippen LogP contribution is -2.48. The van der Waals surface area contributed by atoms with Crippen LogP contribution in [0.15, 0.2) is 24.3 Å². The Labute approximate surface area is 174 Å². The molecule has 1 saturated heterocycles. The minimum absolute atomic E-state index is 0.149. The third-order valence-electron chi connectivity index (χ3n) is 5.54. The lowest BCUT2D eigenvalue weighted by atomic mass is 9.99. The number of rotatable bonds is 10. The van der Waals surface area contributed by atoms with E-state index in [0.717, 1.165) is 56.9 Å². The van der Waals surface area contributed by atoms with E-state index in [0.29, 0.717) is 12.5 Å². The van der Waals surface area contributed by atoms with E-state index in [9.17, 15) is 9.59 Å². The number of amides is 2. The van der Waals surface area contributed by atoms with E-state index in [4.69, 9.17) is 4.74 Å². The first-order valence-electron chi connectivity index (χ1n) is 10.7. The number of methoxy groups -OCH3 is 1. The van der Waals surface area contributed by atoms with Gasteiger partial charge in [0.2, 0.25) is 0 Å². The number of esters is 1. The summed E-state index contributed by atoms with van der Waals surface area (Å²) in [5.74, 6) is 0.351. The maximum Gasteiger partial charge on any atom is 0.319 e. The predicted molar refractivity (Wildman–Crippen MR) is 117 cm³/mol. The van der Waals surface area contributed by atoms with Gasteiger partial charge in [-0.15, -0.1) is 0 Å². The molecule has 29 heavy (non-hydrogen) atoms. The average Bonchev–Trinajstić information content (AvgIpc) is 2.75. The number of unbranched alkanes of at least 4 members (excludes halogenated alkanes) is 1. The smallest absolute Gasteiger partial charge is 0.319 e. The van der Waals surface area contributed by atoms with Crippen molar-refractivity contribution < 1.29 is 14.3 Å². The summed E-state index contributed by atoms with van der Waals surface area (Å²) in [6, 6.07) is 7.78. The Kier molecular flexibility index (Phi) is 9.77. The van der Waals surface area contributed by atoms with Crippen LogP contribution in [0.5, 0.6) is 0 Å². The lowest BCUT2D eigenvalue weighted by Gasteiger charge is -2.35. The van der Waals surface area contributed by atoms with Gasteiger partial charge in [0.05, 0.1) is 13.7 Å². The largest absolute Gasteiger partial charge is 0.468 e. The fourth-order valence-electron chi connectivity index (χ4n) is 3.52. The zero-order valence-electron chi connectivity index (χ0n) is 18.1. The van der Waals surface area contributed by atoms with Crippen molar-refractivity contribution in [3.05, 3.63) is 24.3 Å². The summed E-state index contributed by atoms with van der Waals surface area (Å²) >= 11 is 0. The molecule has 0 aromatic heterocycles. The molecule has 7 nitrogen and oxygen atoms in total. The first-order valence-corrected chi connectivity index (χ1v) is 10.7. The van der Waals surface area contributed by atoms with Crippen molar-refractivity contribution in [3.63, 3.8) is 0 Å². The molecular formula is C22H36N4O3. The molecular weight excluding hydrogens is 368 g/mol. The van der Waals surface area contributed by atoms with Crippen LogP contribution >= 0.6 is 0 Å². The van der Waals surface area contributed by atoms with Crippen LogP contribution in [-0.4, -0.2) is 63.3 Å². The standard InChI is InChI=1S/C22H36N4O3/c1-4-6-7-18(5-2)16-23-22(28)24-19-8-10-20(11-9-19)26-14-12-25(13-15-26)17-21(27)29-3/h8-11,18H,4-7,12-17H2,1-3H3,(H2,23,24,28). The Balaban J connectivity index is 1.75. The summed E-state index contributed by atoms with van der Waals surface area (Å²) in [5.41, 5.74) is 1.91. The van der Waals surface area contributed by atoms with E-state index in [-0.39, 0.29) is 12.0 Å². The molecule has 2 rings (SSSR count). The Morgan fingerprint density at radius 1 is 1.10 bits per heavy atom. The number of urea groups is 1. The summed E-state index contributed by atoms with van der Waals surface area (Å²) in [7, 11) is 1.42. The summed E-state index contributed by atoms with van der Waals surface area (Å²) in [5, 5.41) is 5.91. The third-order valence-corrected chi connectivity index (χ3v) is 5.54. The zero-order valence-corrected chi connectivity index (χ0v) is 18.1. The summed E-state index contributed by atoms with van der Waals surface area (Å²) in [6.45, 7) is 8.81. The maximum absolute atomic E-state index is 12.2. The molecule has 1 aliphatic heterocycles. The van der Waals surface area contributed by atoms with Gasteiger partial charge in [-0.3, -0.25) is 9.69 Å². The highest BCUT2D eigenvalue weighted by Crippen LogP contribution is 2.19. The molecule has 2 N–H and O–H groups in total. The molecule has 1 fully saturated rings. The van der Waals surface area contributed by atoms with Crippen LogP contribution in [0.25, 0.3) is 0 Å². The number of benzene rings is 1. The molecule has 1 aromatic carbocycles. The SMILES string of the molecule is CCCCC(CC)CNC(=O)Nc1ccc(N2CCN(CC(=O)OC)CC2)cc1. The van der Waals surface area contributed by atoms with Crippen molar-refractivity contribution in [1.29, 1.82) is 0 Å². The monoisotopic (exact) mass is 404 g/mol. The third kappa shape index (κ3) is 7.93. The van der Waals surface area contributed by atoms with E-state index in [2.05, 4.69) is 34.3 Å². The number of ether oxygens (including phenoxy) is 1. The van der Waals surface area contributed by atoms with E-state index in [1.54, 1.807) is 0 Å². The van der Waals surface area contributed by atoms with E-state index in [1.807, 2.05) is 24.3 Å². The minimum Gasteiger partial charge on any atom is -0.468 e. The normalized spacial score (nSPS) is 15.6.